The highest BCUT2D eigenvalue weighted by Crippen LogP contribution is 2.12. The fraction of sp³-hybridized carbons (Fsp3) is 0.105. The molecule has 3 aromatic rings. The minimum absolute atomic E-state index is 0.328. The molecule has 0 aliphatic carbocycles. The number of hydrogen-bond donors (Lipinski definition) is 1. The number of carbonyl (C=O) groups is 1. The van der Waals surface area contributed by atoms with Crippen LogP contribution < -0.4 is 5.43 Å². The van der Waals surface area contributed by atoms with Crippen LogP contribution in [0.5, 0.6) is 0 Å². The summed E-state index contributed by atoms with van der Waals surface area (Å²) in [4.78, 5) is 12.2. The third kappa shape index (κ3) is 4.89. The second kappa shape index (κ2) is 8.42. The van der Waals surface area contributed by atoms with E-state index < -0.39 is 0 Å². The molecule has 0 fully saturated rings. The van der Waals surface area contributed by atoms with Gasteiger partial charge in [0.25, 0.3) is 5.91 Å². The van der Waals surface area contributed by atoms with Crippen LogP contribution in [0.15, 0.2) is 74.8 Å². The molecule has 132 valence electrons. The number of amides is 1. The summed E-state index contributed by atoms with van der Waals surface area (Å²) in [7, 11) is 0. The summed E-state index contributed by atoms with van der Waals surface area (Å²) in [5.41, 5.74) is 5.65. The van der Waals surface area contributed by atoms with Crippen LogP contribution in [0.3, 0.4) is 0 Å². The summed E-state index contributed by atoms with van der Waals surface area (Å²) >= 11 is 6.81. The number of halogens is 2. The Balaban J connectivity index is 1.63. The molecule has 0 radical (unpaired) electrons. The van der Waals surface area contributed by atoms with Crippen molar-refractivity contribution in [3.05, 3.63) is 86.6 Å². The van der Waals surface area contributed by atoms with Gasteiger partial charge in [-0.3, -0.25) is 9.48 Å². The molecule has 0 bridgehead atoms. The molecule has 26 heavy (non-hydrogen) atoms. The van der Waals surface area contributed by atoms with Crippen molar-refractivity contribution in [3.8, 4) is 0 Å². The largest absolute Gasteiger partial charge is 0.291 e. The predicted molar refractivity (Wildman–Crippen MR) is 109 cm³/mol. The van der Waals surface area contributed by atoms with Crippen LogP contribution in [0.4, 0.5) is 0 Å². The number of benzene rings is 2. The van der Waals surface area contributed by atoms with Crippen LogP contribution in [-0.2, 0) is 6.54 Å². The standard InChI is InChI=1S/C19H16Br2N4O/c1-13(15-4-8-17(21)9-5-15)22-23-19(26)18-10-11-25(24-18)12-14-2-6-16(20)7-3-14/h2-11H,12H2,1H3,(H,23,26)/b22-13+. The number of hydrazone groups is 1. The molecule has 7 heteroatoms. The highest BCUT2D eigenvalue weighted by Gasteiger charge is 2.09. The van der Waals surface area contributed by atoms with Crippen molar-refractivity contribution in [1.29, 1.82) is 0 Å². The van der Waals surface area contributed by atoms with Crippen molar-refractivity contribution in [2.45, 2.75) is 13.5 Å². The Hall–Kier alpha value is -2.25. The SMILES string of the molecule is C/C(=N\NC(=O)c1ccn(Cc2ccc(Br)cc2)n1)c1ccc(Br)cc1. The van der Waals surface area contributed by atoms with Gasteiger partial charge in [-0.2, -0.15) is 10.2 Å². The highest BCUT2D eigenvalue weighted by atomic mass is 79.9. The maximum atomic E-state index is 12.2. The molecule has 0 aliphatic heterocycles. The molecule has 0 atom stereocenters. The zero-order chi connectivity index (χ0) is 18.5. The van der Waals surface area contributed by atoms with Crippen molar-refractivity contribution in [2.75, 3.05) is 0 Å². The number of nitrogens with zero attached hydrogens (tertiary/aromatic N) is 3. The Labute approximate surface area is 168 Å². The monoisotopic (exact) mass is 474 g/mol. The Kier molecular flexibility index (Phi) is 6.00. The van der Waals surface area contributed by atoms with Crippen LogP contribution in [0.1, 0.15) is 28.5 Å². The van der Waals surface area contributed by atoms with Gasteiger partial charge in [0.2, 0.25) is 0 Å². The second-order valence-corrected chi connectivity index (χ2v) is 7.50. The Morgan fingerprint density at radius 3 is 2.31 bits per heavy atom. The Morgan fingerprint density at radius 2 is 1.65 bits per heavy atom. The first kappa shape index (κ1) is 18.5. The summed E-state index contributed by atoms with van der Waals surface area (Å²) in [6, 6.07) is 17.4. The lowest BCUT2D eigenvalue weighted by Crippen LogP contribution is -2.20. The molecule has 1 aromatic heterocycles. The third-order valence-corrected chi connectivity index (χ3v) is 4.78. The summed E-state index contributed by atoms with van der Waals surface area (Å²) in [6.45, 7) is 2.44. The average molecular weight is 476 g/mol. The molecule has 0 spiro atoms. The molecule has 0 aliphatic rings. The predicted octanol–water partition coefficient (Wildman–Crippen LogP) is 4.61. The minimum Gasteiger partial charge on any atom is -0.268 e. The number of rotatable bonds is 5. The van der Waals surface area contributed by atoms with E-state index in [4.69, 9.17) is 0 Å². The lowest BCUT2D eigenvalue weighted by atomic mass is 10.1. The van der Waals surface area contributed by atoms with E-state index >= 15 is 0 Å². The first-order chi connectivity index (χ1) is 12.5. The second-order valence-electron chi connectivity index (χ2n) is 5.67. The van der Waals surface area contributed by atoms with Crippen LogP contribution in [0.25, 0.3) is 0 Å². The molecular formula is C19H16Br2N4O. The van der Waals surface area contributed by atoms with E-state index in [2.05, 4.69) is 47.5 Å². The highest BCUT2D eigenvalue weighted by molar-refractivity contribution is 9.10. The van der Waals surface area contributed by atoms with Gasteiger partial charge < -0.3 is 0 Å². The van der Waals surface area contributed by atoms with Crippen molar-refractivity contribution >= 4 is 43.5 Å². The summed E-state index contributed by atoms with van der Waals surface area (Å²) in [6.07, 6.45) is 1.78. The smallest absolute Gasteiger partial charge is 0.268 e. The van der Waals surface area contributed by atoms with Crippen molar-refractivity contribution in [1.82, 2.24) is 15.2 Å². The van der Waals surface area contributed by atoms with Gasteiger partial charge in [0.15, 0.2) is 5.69 Å². The van der Waals surface area contributed by atoms with E-state index in [-0.39, 0.29) is 5.91 Å². The third-order valence-electron chi connectivity index (χ3n) is 3.72. The average Bonchev–Trinajstić information content (AvgIpc) is 3.10. The molecule has 1 heterocycles. The van der Waals surface area contributed by atoms with Gasteiger partial charge in [0.1, 0.15) is 0 Å². The molecule has 0 unspecified atom stereocenters. The maximum Gasteiger partial charge on any atom is 0.291 e. The fourth-order valence-electron chi connectivity index (χ4n) is 2.30. The van der Waals surface area contributed by atoms with Gasteiger partial charge in [-0.05, 0) is 48.4 Å². The number of aromatic nitrogens is 2. The zero-order valence-corrected chi connectivity index (χ0v) is 17.2. The maximum absolute atomic E-state index is 12.2. The van der Waals surface area contributed by atoms with Crippen molar-refractivity contribution in [2.24, 2.45) is 5.10 Å². The number of carbonyl (C=O) groups excluding carboxylic acids is 1. The van der Waals surface area contributed by atoms with Gasteiger partial charge in [0.05, 0.1) is 12.3 Å². The van der Waals surface area contributed by atoms with Gasteiger partial charge in [-0.1, -0.05) is 56.1 Å². The van der Waals surface area contributed by atoms with Crippen molar-refractivity contribution in [3.63, 3.8) is 0 Å². The van der Waals surface area contributed by atoms with Gasteiger partial charge in [-0.15, -0.1) is 0 Å². The quantitative estimate of drug-likeness (QED) is 0.432. The lowest BCUT2D eigenvalue weighted by molar-refractivity contribution is 0.0949. The molecule has 1 N–H and O–H groups in total. The van der Waals surface area contributed by atoms with E-state index in [0.717, 1.165) is 25.8 Å². The molecule has 0 saturated carbocycles. The van der Waals surface area contributed by atoms with E-state index in [1.165, 1.54) is 0 Å². The molecule has 3 rings (SSSR count). The van der Waals surface area contributed by atoms with Crippen molar-refractivity contribution < 1.29 is 4.79 Å². The lowest BCUT2D eigenvalue weighted by Gasteiger charge is -2.03. The number of nitrogens with one attached hydrogen (secondary N) is 1. The van der Waals surface area contributed by atoms with Gasteiger partial charge >= 0.3 is 0 Å². The van der Waals surface area contributed by atoms with E-state index in [1.54, 1.807) is 16.9 Å². The van der Waals surface area contributed by atoms with E-state index in [0.29, 0.717) is 12.2 Å². The molecule has 0 saturated heterocycles. The van der Waals surface area contributed by atoms with Gasteiger partial charge in [-0.25, -0.2) is 5.43 Å². The molecule has 5 nitrogen and oxygen atoms in total. The van der Waals surface area contributed by atoms with E-state index in [1.807, 2.05) is 55.5 Å². The van der Waals surface area contributed by atoms with Crippen LogP contribution in [-0.4, -0.2) is 21.4 Å². The van der Waals surface area contributed by atoms with Gasteiger partial charge in [0, 0.05) is 15.1 Å². The molecule has 1 amide bonds. The van der Waals surface area contributed by atoms with Crippen LogP contribution >= 0.6 is 31.9 Å². The van der Waals surface area contributed by atoms with Crippen LogP contribution in [0, 0.1) is 0 Å². The summed E-state index contributed by atoms with van der Waals surface area (Å²) in [5, 5.41) is 8.46. The summed E-state index contributed by atoms with van der Waals surface area (Å²) in [5.74, 6) is -0.337. The number of hydrogen-bond acceptors (Lipinski definition) is 3. The first-order valence-electron chi connectivity index (χ1n) is 7.90. The van der Waals surface area contributed by atoms with E-state index in [9.17, 15) is 4.79 Å². The minimum atomic E-state index is -0.337. The first-order valence-corrected chi connectivity index (χ1v) is 9.48. The normalized spacial score (nSPS) is 11.4. The molecule has 2 aromatic carbocycles. The zero-order valence-electron chi connectivity index (χ0n) is 14.0. The topological polar surface area (TPSA) is 59.3 Å². The Morgan fingerprint density at radius 1 is 1.04 bits per heavy atom. The van der Waals surface area contributed by atoms with Crippen LogP contribution in [0.2, 0.25) is 0 Å². The Bertz CT molecular complexity index is 931. The molecular weight excluding hydrogens is 460 g/mol. The fourth-order valence-corrected chi connectivity index (χ4v) is 2.82. The summed E-state index contributed by atoms with van der Waals surface area (Å²) < 4.78 is 3.75.